The van der Waals surface area contributed by atoms with Crippen LogP contribution in [0, 0.1) is 0 Å². The van der Waals surface area contributed by atoms with Crippen molar-refractivity contribution in [3.05, 3.63) is 22.7 Å². The van der Waals surface area contributed by atoms with Crippen LogP contribution in [0.5, 0.6) is 0 Å². The lowest BCUT2D eigenvalue weighted by Gasteiger charge is -2.17. The highest BCUT2D eigenvalue weighted by molar-refractivity contribution is 5.75. The molecule has 0 atom stereocenters. The Hall–Kier alpha value is -1.05. The highest BCUT2D eigenvalue weighted by Gasteiger charge is 2.12. The Kier molecular flexibility index (Phi) is 2.13. The largest absolute Gasteiger partial charge is 0.466 e. The van der Waals surface area contributed by atoms with Crippen LogP contribution in [0.4, 0.5) is 0 Å². The molecule has 60 valence electrons. The zero-order valence-electron chi connectivity index (χ0n) is 7.10. The molecule has 0 saturated carbocycles. The molecule has 0 fully saturated rings. The molecule has 1 aliphatic rings. The second-order valence-electron chi connectivity index (χ2n) is 2.81. The first-order valence-electron chi connectivity index (χ1n) is 3.64. The Bertz CT molecular complexity index is 246. The van der Waals surface area contributed by atoms with Gasteiger partial charge in [-0.2, -0.15) is 0 Å². The van der Waals surface area contributed by atoms with E-state index < -0.39 is 0 Å². The summed E-state index contributed by atoms with van der Waals surface area (Å²) in [5.74, 6) is 1.66. The first-order chi connectivity index (χ1) is 5.15. The van der Waals surface area contributed by atoms with Crippen molar-refractivity contribution in [2.75, 3.05) is 0 Å². The fourth-order valence-corrected chi connectivity index (χ4v) is 1.04. The SMILES string of the molecule is CC1=C(C)OC(C)=C(C=O)C1. The molecule has 2 heteroatoms. The third kappa shape index (κ3) is 1.50. The Morgan fingerprint density at radius 2 is 1.91 bits per heavy atom. The standard InChI is InChI=1S/C9H12O2/c1-6-4-9(5-10)8(3)11-7(6)2/h5H,4H2,1-3H3. The first-order valence-corrected chi connectivity index (χ1v) is 3.64. The molecule has 0 aromatic heterocycles. The summed E-state index contributed by atoms with van der Waals surface area (Å²) in [5, 5.41) is 0. The number of aldehydes is 1. The average Bonchev–Trinajstić information content (AvgIpc) is 1.97. The van der Waals surface area contributed by atoms with Crippen LogP contribution in [0.3, 0.4) is 0 Å². The van der Waals surface area contributed by atoms with Crippen LogP contribution in [-0.2, 0) is 9.53 Å². The monoisotopic (exact) mass is 152 g/mol. The summed E-state index contributed by atoms with van der Waals surface area (Å²) in [6, 6.07) is 0. The molecule has 0 spiro atoms. The second-order valence-corrected chi connectivity index (χ2v) is 2.81. The molecule has 1 aliphatic heterocycles. The Morgan fingerprint density at radius 3 is 2.45 bits per heavy atom. The molecule has 0 N–H and O–H groups in total. The van der Waals surface area contributed by atoms with E-state index >= 15 is 0 Å². The fraction of sp³-hybridized carbons (Fsp3) is 0.444. The molecule has 1 heterocycles. The lowest BCUT2D eigenvalue weighted by Crippen LogP contribution is -2.03. The van der Waals surface area contributed by atoms with Crippen LogP contribution in [0.15, 0.2) is 22.7 Å². The lowest BCUT2D eigenvalue weighted by atomic mass is 10.0. The summed E-state index contributed by atoms with van der Waals surface area (Å²) < 4.78 is 5.33. The van der Waals surface area contributed by atoms with Crippen LogP contribution in [0.2, 0.25) is 0 Å². The van der Waals surface area contributed by atoms with E-state index in [-0.39, 0.29) is 0 Å². The number of allylic oxidation sites excluding steroid dienone is 4. The van der Waals surface area contributed by atoms with Gasteiger partial charge in [0.15, 0.2) is 0 Å². The molecule has 0 radical (unpaired) electrons. The molecule has 0 aromatic carbocycles. The van der Waals surface area contributed by atoms with Crippen molar-refractivity contribution in [2.45, 2.75) is 27.2 Å². The predicted octanol–water partition coefficient (Wildman–Crippen LogP) is 2.17. The second kappa shape index (κ2) is 2.91. The summed E-state index contributed by atoms with van der Waals surface area (Å²) >= 11 is 0. The Morgan fingerprint density at radius 1 is 1.27 bits per heavy atom. The van der Waals surface area contributed by atoms with Crippen molar-refractivity contribution >= 4 is 6.29 Å². The Labute approximate surface area is 66.5 Å². The number of rotatable bonds is 1. The molecular formula is C9H12O2. The number of carbonyl (C=O) groups is 1. The Balaban J connectivity index is 2.87. The fourth-order valence-electron chi connectivity index (χ4n) is 1.04. The van der Waals surface area contributed by atoms with Gasteiger partial charge in [0.1, 0.15) is 12.0 Å². The van der Waals surface area contributed by atoms with Crippen molar-refractivity contribution in [1.82, 2.24) is 0 Å². The van der Waals surface area contributed by atoms with Gasteiger partial charge in [-0.05, 0) is 26.3 Å². The van der Waals surface area contributed by atoms with Gasteiger partial charge >= 0.3 is 0 Å². The van der Waals surface area contributed by atoms with E-state index in [0.29, 0.717) is 0 Å². The molecule has 11 heavy (non-hydrogen) atoms. The molecule has 0 saturated heterocycles. The molecule has 1 rings (SSSR count). The molecule has 0 amide bonds. The van der Waals surface area contributed by atoms with E-state index in [1.54, 1.807) is 0 Å². The van der Waals surface area contributed by atoms with Gasteiger partial charge < -0.3 is 4.74 Å². The van der Waals surface area contributed by atoms with Gasteiger partial charge in [0.25, 0.3) is 0 Å². The van der Waals surface area contributed by atoms with E-state index in [1.165, 1.54) is 0 Å². The molecule has 2 nitrogen and oxygen atoms in total. The van der Waals surface area contributed by atoms with Crippen LogP contribution >= 0.6 is 0 Å². The van der Waals surface area contributed by atoms with Gasteiger partial charge in [0, 0.05) is 12.0 Å². The minimum atomic E-state index is 0.737. The van der Waals surface area contributed by atoms with Gasteiger partial charge in [-0.25, -0.2) is 0 Å². The van der Waals surface area contributed by atoms with Crippen LogP contribution in [-0.4, -0.2) is 6.29 Å². The maximum Gasteiger partial charge on any atom is 0.149 e. The first kappa shape index (κ1) is 8.05. The van der Waals surface area contributed by atoms with Gasteiger partial charge in [-0.15, -0.1) is 0 Å². The van der Waals surface area contributed by atoms with Crippen LogP contribution < -0.4 is 0 Å². The summed E-state index contributed by atoms with van der Waals surface area (Å²) in [4.78, 5) is 10.5. The molecular weight excluding hydrogens is 140 g/mol. The van der Waals surface area contributed by atoms with Crippen molar-refractivity contribution < 1.29 is 9.53 Å². The summed E-state index contributed by atoms with van der Waals surface area (Å²) in [6.07, 6.45) is 1.60. The molecule has 0 aliphatic carbocycles. The minimum absolute atomic E-state index is 0.737. The quantitative estimate of drug-likeness (QED) is 0.538. The maximum atomic E-state index is 10.5. The number of carbonyl (C=O) groups excluding carboxylic acids is 1. The van der Waals surface area contributed by atoms with Crippen molar-refractivity contribution in [2.24, 2.45) is 0 Å². The normalized spacial score (nSPS) is 18.5. The van der Waals surface area contributed by atoms with Gasteiger partial charge in [-0.3, -0.25) is 4.79 Å². The van der Waals surface area contributed by atoms with E-state index in [2.05, 4.69) is 0 Å². The molecule has 0 unspecified atom stereocenters. The highest BCUT2D eigenvalue weighted by Crippen LogP contribution is 2.25. The third-order valence-corrected chi connectivity index (χ3v) is 1.96. The maximum absolute atomic E-state index is 10.5. The molecule has 0 aromatic rings. The summed E-state index contributed by atoms with van der Waals surface area (Å²) in [5.41, 5.74) is 1.89. The topological polar surface area (TPSA) is 26.3 Å². The smallest absolute Gasteiger partial charge is 0.149 e. The molecule has 0 bridgehead atoms. The highest BCUT2D eigenvalue weighted by atomic mass is 16.5. The number of ether oxygens (including phenoxy) is 1. The summed E-state index contributed by atoms with van der Waals surface area (Å²) in [6.45, 7) is 5.71. The summed E-state index contributed by atoms with van der Waals surface area (Å²) in [7, 11) is 0. The van der Waals surface area contributed by atoms with Gasteiger partial charge in [-0.1, -0.05) is 0 Å². The predicted molar refractivity (Wildman–Crippen MR) is 42.8 cm³/mol. The average molecular weight is 152 g/mol. The van der Waals surface area contributed by atoms with Gasteiger partial charge in [0.05, 0.1) is 5.76 Å². The van der Waals surface area contributed by atoms with E-state index in [9.17, 15) is 4.79 Å². The zero-order chi connectivity index (χ0) is 8.43. The zero-order valence-corrected chi connectivity index (χ0v) is 7.10. The van der Waals surface area contributed by atoms with E-state index in [0.717, 1.165) is 35.4 Å². The number of hydrogen-bond acceptors (Lipinski definition) is 2. The van der Waals surface area contributed by atoms with Gasteiger partial charge in [0.2, 0.25) is 0 Å². The minimum Gasteiger partial charge on any atom is -0.466 e. The van der Waals surface area contributed by atoms with E-state index in [4.69, 9.17) is 4.74 Å². The van der Waals surface area contributed by atoms with Crippen molar-refractivity contribution in [3.8, 4) is 0 Å². The van der Waals surface area contributed by atoms with E-state index in [1.807, 2.05) is 20.8 Å². The van der Waals surface area contributed by atoms with Crippen LogP contribution in [0.1, 0.15) is 27.2 Å². The lowest BCUT2D eigenvalue weighted by molar-refractivity contribution is -0.105. The third-order valence-electron chi connectivity index (χ3n) is 1.96. The van der Waals surface area contributed by atoms with Crippen LogP contribution in [0.25, 0.3) is 0 Å². The van der Waals surface area contributed by atoms with Crippen molar-refractivity contribution in [3.63, 3.8) is 0 Å². The van der Waals surface area contributed by atoms with Crippen molar-refractivity contribution in [1.29, 1.82) is 0 Å². The number of hydrogen-bond donors (Lipinski definition) is 0.